The van der Waals surface area contributed by atoms with Gasteiger partial charge >= 0.3 is 6.16 Å². The van der Waals surface area contributed by atoms with Crippen molar-refractivity contribution in [2.24, 2.45) is 0 Å². The van der Waals surface area contributed by atoms with Gasteiger partial charge in [-0.2, -0.15) is 0 Å². The molecule has 2 heterocycles. The Morgan fingerprint density at radius 1 is 0.759 bits per heavy atom. The average molecular weight is 416 g/mol. The van der Waals surface area contributed by atoms with E-state index in [0.717, 1.165) is 0 Å². The second-order valence-corrected chi connectivity index (χ2v) is 4.85. The van der Waals surface area contributed by atoms with E-state index in [1.807, 2.05) is 10.6 Å². The summed E-state index contributed by atoms with van der Waals surface area (Å²) < 4.78 is 19.2. The van der Waals surface area contributed by atoms with Crippen LogP contribution >= 0.6 is 0 Å². The SMILES string of the molecule is CCOC(=O)OCCOCCOCCO.O=C1C=CC(=O)N1.O=C1C=CC(=O)N1. The van der Waals surface area contributed by atoms with Crippen molar-refractivity contribution in [2.45, 2.75) is 6.92 Å². The van der Waals surface area contributed by atoms with E-state index in [4.69, 9.17) is 14.6 Å². The molecule has 2 aliphatic rings. The molecule has 0 atom stereocenters. The second-order valence-electron chi connectivity index (χ2n) is 4.85. The highest BCUT2D eigenvalue weighted by Crippen LogP contribution is 1.86. The molecule has 0 saturated heterocycles. The molecule has 12 nitrogen and oxygen atoms in total. The van der Waals surface area contributed by atoms with E-state index in [1.165, 1.54) is 24.3 Å². The molecule has 0 aromatic carbocycles. The first-order chi connectivity index (χ1) is 13.9. The van der Waals surface area contributed by atoms with Crippen molar-refractivity contribution in [1.82, 2.24) is 10.6 Å². The minimum atomic E-state index is -0.683. The lowest BCUT2D eigenvalue weighted by Gasteiger charge is -2.05. The predicted molar refractivity (Wildman–Crippen MR) is 96.3 cm³/mol. The van der Waals surface area contributed by atoms with Crippen LogP contribution in [0.4, 0.5) is 4.79 Å². The Morgan fingerprint density at radius 3 is 1.52 bits per heavy atom. The van der Waals surface area contributed by atoms with Gasteiger partial charge in [-0.15, -0.1) is 0 Å². The van der Waals surface area contributed by atoms with Gasteiger partial charge in [-0.05, 0) is 6.92 Å². The predicted octanol–water partition coefficient (Wildman–Crippen LogP) is -1.42. The van der Waals surface area contributed by atoms with Crippen LogP contribution in [0.25, 0.3) is 0 Å². The van der Waals surface area contributed by atoms with Gasteiger partial charge in [0, 0.05) is 24.3 Å². The first-order valence-corrected chi connectivity index (χ1v) is 8.51. The third-order valence-electron chi connectivity index (χ3n) is 2.58. The molecule has 162 valence electrons. The normalized spacial score (nSPS) is 13.7. The molecule has 0 aliphatic carbocycles. The fraction of sp³-hybridized carbons (Fsp3) is 0.471. The van der Waals surface area contributed by atoms with Gasteiger partial charge in [0.05, 0.1) is 39.6 Å². The summed E-state index contributed by atoms with van der Waals surface area (Å²) in [5.74, 6) is -1.31. The molecule has 0 radical (unpaired) electrons. The minimum Gasteiger partial charge on any atom is -0.435 e. The second kappa shape index (κ2) is 17.0. The van der Waals surface area contributed by atoms with Crippen molar-refractivity contribution in [3.63, 3.8) is 0 Å². The van der Waals surface area contributed by atoms with Crippen molar-refractivity contribution < 1.29 is 48.0 Å². The quantitative estimate of drug-likeness (QED) is 0.231. The zero-order chi connectivity index (χ0) is 21.9. The Kier molecular flexibility index (Phi) is 15.2. The summed E-state index contributed by atoms with van der Waals surface area (Å²) in [5, 5.41) is 12.4. The van der Waals surface area contributed by atoms with E-state index in [9.17, 15) is 24.0 Å². The molecular weight excluding hydrogens is 392 g/mol. The Morgan fingerprint density at radius 2 is 1.17 bits per heavy atom. The van der Waals surface area contributed by atoms with Crippen LogP contribution in [0.5, 0.6) is 0 Å². The van der Waals surface area contributed by atoms with Gasteiger partial charge in [0.25, 0.3) is 23.6 Å². The van der Waals surface area contributed by atoms with Crippen LogP contribution in [0.3, 0.4) is 0 Å². The number of nitrogens with one attached hydrogen (secondary N) is 2. The molecule has 3 N–H and O–H groups in total. The Hall–Kier alpha value is -3.09. The number of aliphatic hydroxyl groups excluding tert-OH is 1. The number of aliphatic hydroxyl groups is 1. The van der Waals surface area contributed by atoms with Crippen molar-refractivity contribution >= 4 is 29.8 Å². The lowest BCUT2D eigenvalue weighted by atomic mass is 10.6. The van der Waals surface area contributed by atoms with Crippen LogP contribution in [0, 0.1) is 0 Å². The molecule has 0 aromatic rings. The standard InChI is InChI=1S/C9H18O6.2C4H3NO2/c1-2-14-9(11)15-8-7-13-6-5-12-4-3-10;2*6-3-1-2-4(7)5-3/h10H,2-8H2,1H3;2*1-2H,(H,5,6,7). The van der Waals surface area contributed by atoms with Gasteiger partial charge in [0.15, 0.2) is 0 Å². The lowest BCUT2D eigenvalue weighted by Crippen LogP contribution is -2.19. The molecule has 4 amide bonds. The molecule has 0 bridgehead atoms. The van der Waals surface area contributed by atoms with E-state index >= 15 is 0 Å². The van der Waals surface area contributed by atoms with Gasteiger partial charge < -0.3 is 24.1 Å². The third kappa shape index (κ3) is 16.8. The first-order valence-electron chi connectivity index (χ1n) is 8.51. The minimum absolute atomic E-state index is 0.00592. The van der Waals surface area contributed by atoms with Crippen LogP contribution < -0.4 is 10.6 Å². The number of hydrogen-bond acceptors (Lipinski definition) is 10. The summed E-state index contributed by atoms with van der Waals surface area (Å²) in [5.41, 5.74) is 0. The van der Waals surface area contributed by atoms with Crippen LogP contribution in [-0.4, -0.2) is 81.1 Å². The summed E-state index contributed by atoms with van der Waals surface area (Å²) in [6.07, 6.45) is 4.10. The van der Waals surface area contributed by atoms with Gasteiger partial charge in [0.2, 0.25) is 0 Å². The molecule has 0 saturated carbocycles. The summed E-state index contributed by atoms with van der Waals surface area (Å²) in [6, 6.07) is 0. The molecule has 0 fully saturated rings. The zero-order valence-corrected chi connectivity index (χ0v) is 15.9. The molecule has 0 unspecified atom stereocenters. The van der Waals surface area contributed by atoms with E-state index in [1.54, 1.807) is 6.92 Å². The number of ether oxygens (including phenoxy) is 4. The van der Waals surface area contributed by atoms with Crippen LogP contribution in [0.1, 0.15) is 6.92 Å². The van der Waals surface area contributed by atoms with Crippen molar-refractivity contribution in [3.05, 3.63) is 24.3 Å². The maximum absolute atomic E-state index is 10.7. The molecule has 29 heavy (non-hydrogen) atoms. The van der Waals surface area contributed by atoms with Crippen molar-refractivity contribution in [2.75, 3.05) is 46.2 Å². The van der Waals surface area contributed by atoms with Crippen LogP contribution in [0.2, 0.25) is 0 Å². The van der Waals surface area contributed by atoms with E-state index < -0.39 is 6.16 Å². The number of imide groups is 2. The number of amides is 4. The van der Waals surface area contributed by atoms with Crippen LogP contribution in [0.15, 0.2) is 24.3 Å². The van der Waals surface area contributed by atoms with E-state index in [-0.39, 0.29) is 36.8 Å². The van der Waals surface area contributed by atoms with Gasteiger partial charge in [-0.25, -0.2) is 4.79 Å². The maximum Gasteiger partial charge on any atom is 0.508 e. The summed E-state index contributed by atoms with van der Waals surface area (Å²) in [6.45, 7) is 3.62. The molecule has 12 heteroatoms. The molecule has 0 aromatic heterocycles. The average Bonchev–Trinajstić information content (AvgIpc) is 3.24. The topological polar surface area (TPSA) is 167 Å². The van der Waals surface area contributed by atoms with Gasteiger partial charge in [-0.1, -0.05) is 0 Å². The third-order valence-corrected chi connectivity index (χ3v) is 2.58. The van der Waals surface area contributed by atoms with Gasteiger partial charge in [-0.3, -0.25) is 29.8 Å². The molecule has 2 aliphatic heterocycles. The Balaban J connectivity index is 0.000000458. The summed E-state index contributed by atoms with van der Waals surface area (Å²) >= 11 is 0. The fourth-order valence-corrected chi connectivity index (χ4v) is 1.44. The fourth-order valence-electron chi connectivity index (χ4n) is 1.44. The van der Waals surface area contributed by atoms with E-state index in [0.29, 0.717) is 33.0 Å². The largest absolute Gasteiger partial charge is 0.508 e. The van der Waals surface area contributed by atoms with Crippen molar-refractivity contribution in [3.8, 4) is 0 Å². The maximum atomic E-state index is 10.7. The molecular formula is C17H24N2O10. The number of carbonyl (C=O) groups excluding carboxylic acids is 5. The van der Waals surface area contributed by atoms with E-state index in [2.05, 4.69) is 9.47 Å². The Labute approximate surface area is 166 Å². The number of hydrogen-bond donors (Lipinski definition) is 3. The van der Waals surface area contributed by atoms with Gasteiger partial charge in [0.1, 0.15) is 6.61 Å². The zero-order valence-electron chi connectivity index (χ0n) is 15.9. The molecule has 0 spiro atoms. The smallest absolute Gasteiger partial charge is 0.435 e. The highest BCUT2D eigenvalue weighted by atomic mass is 16.7. The highest BCUT2D eigenvalue weighted by molar-refractivity contribution is 6.13. The monoisotopic (exact) mass is 416 g/mol. The molecule has 2 rings (SSSR count). The summed E-state index contributed by atoms with van der Waals surface area (Å²) in [4.78, 5) is 50.8. The lowest BCUT2D eigenvalue weighted by molar-refractivity contribution is -0.125. The number of carbonyl (C=O) groups is 5. The van der Waals surface area contributed by atoms with Crippen LogP contribution in [-0.2, 0) is 38.1 Å². The Bertz CT molecular complexity index is 547. The first kappa shape index (κ1) is 25.9. The summed E-state index contributed by atoms with van der Waals surface area (Å²) in [7, 11) is 0. The number of rotatable bonds is 9. The van der Waals surface area contributed by atoms with Crippen molar-refractivity contribution in [1.29, 1.82) is 0 Å². The highest BCUT2D eigenvalue weighted by Gasteiger charge is 2.07.